The second-order valence-electron chi connectivity index (χ2n) is 4.42. The Balaban J connectivity index is 2.10. The summed E-state index contributed by atoms with van der Waals surface area (Å²) in [6.07, 6.45) is -0.0388. The lowest BCUT2D eigenvalue weighted by Crippen LogP contribution is -2.15. The summed E-state index contributed by atoms with van der Waals surface area (Å²) in [5, 5.41) is 22.6. The Morgan fingerprint density at radius 1 is 1.29 bits per heavy atom. The van der Waals surface area contributed by atoms with Crippen molar-refractivity contribution in [3.8, 4) is 5.75 Å². The number of carbonyl (C=O) groups excluding carboxylic acids is 1. The van der Waals surface area contributed by atoms with Gasteiger partial charge in [-0.05, 0) is 29.8 Å². The number of nitro benzene ring substituents is 1. The number of hydrogen-bond acceptors (Lipinski definition) is 5. The predicted octanol–water partition coefficient (Wildman–Crippen LogP) is 2.06. The van der Waals surface area contributed by atoms with Crippen molar-refractivity contribution in [3.05, 3.63) is 58.1 Å². The van der Waals surface area contributed by atoms with Crippen molar-refractivity contribution in [2.45, 2.75) is 6.42 Å². The van der Waals surface area contributed by atoms with Gasteiger partial charge >= 0.3 is 0 Å². The van der Waals surface area contributed by atoms with Crippen LogP contribution in [-0.2, 0) is 11.2 Å². The number of aromatic hydroxyl groups is 1. The SMILES string of the molecule is Nc1ccc(O)cc1CC(=O)Nc1cccc([N+](=O)[O-])c1. The van der Waals surface area contributed by atoms with Crippen LogP contribution in [-0.4, -0.2) is 15.9 Å². The molecule has 0 aliphatic heterocycles. The van der Waals surface area contributed by atoms with E-state index in [9.17, 15) is 20.0 Å². The average Bonchev–Trinajstić information content (AvgIpc) is 2.43. The highest BCUT2D eigenvalue weighted by Gasteiger charge is 2.10. The molecule has 0 unspecified atom stereocenters. The first-order valence-electron chi connectivity index (χ1n) is 6.07. The van der Waals surface area contributed by atoms with Crippen molar-refractivity contribution in [1.82, 2.24) is 0 Å². The summed E-state index contributed by atoms with van der Waals surface area (Å²) < 4.78 is 0. The molecule has 2 aromatic rings. The number of nitrogen functional groups attached to an aromatic ring is 1. The van der Waals surface area contributed by atoms with E-state index in [4.69, 9.17) is 5.73 Å². The lowest BCUT2D eigenvalue weighted by atomic mass is 10.1. The molecule has 7 nitrogen and oxygen atoms in total. The predicted molar refractivity (Wildman–Crippen MR) is 77.9 cm³/mol. The zero-order chi connectivity index (χ0) is 15.4. The third-order valence-corrected chi connectivity index (χ3v) is 2.82. The molecule has 0 aromatic heterocycles. The molecule has 21 heavy (non-hydrogen) atoms. The maximum Gasteiger partial charge on any atom is 0.271 e. The zero-order valence-corrected chi connectivity index (χ0v) is 10.9. The lowest BCUT2D eigenvalue weighted by molar-refractivity contribution is -0.384. The number of nitrogens with two attached hydrogens (primary N) is 1. The number of rotatable bonds is 4. The van der Waals surface area contributed by atoms with Gasteiger partial charge in [-0.2, -0.15) is 0 Å². The maximum absolute atomic E-state index is 11.9. The summed E-state index contributed by atoms with van der Waals surface area (Å²) in [6.45, 7) is 0. The van der Waals surface area contributed by atoms with Gasteiger partial charge in [-0.25, -0.2) is 0 Å². The van der Waals surface area contributed by atoms with Gasteiger partial charge in [0.05, 0.1) is 11.3 Å². The van der Waals surface area contributed by atoms with E-state index in [-0.39, 0.29) is 23.8 Å². The number of nitro groups is 1. The van der Waals surface area contributed by atoms with E-state index in [1.54, 1.807) is 6.07 Å². The summed E-state index contributed by atoms with van der Waals surface area (Å²) >= 11 is 0. The minimum Gasteiger partial charge on any atom is -0.508 e. The molecule has 0 spiro atoms. The first kappa shape index (κ1) is 14.3. The van der Waals surface area contributed by atoms with E-state index in [0.717, 1.165) is 0 Å². The molecule has 2 rings (SSSR count). The Hall–Kier alpha value is -3.09. The second-order valence-corrected chi connectivity index (χ2v) is 4.42. The summed E-state index contributed by atoms with van der Waals surface area (Å²) in [5.74, 6) is -0.366. The van der Waals surface area contributed by atoms with Crippen molar-refractivity contribution in [2.24, 2.45) is 0 Å². The van der Waals surface area contributed by atoms with E-state index in [1.807, 2.05) is 0 Å². The highest BCUT2D eigenvalue weighted by molar-refractivity contribution is 5.93. The fraction of sp³-hybridized carbons (Fsp3) is 0.0714. The van der Waals surface area contributed by atoms with Crippen molar-refractivity contribution in [2.75, 3.05) is 11.1 Å². The quantitative estimate of drug-likeness (QED) is 0.344. The molecule has 0 fully saturated rings. The third kappa shape index (κ3) is 3.69. The Labute approximate surface area is 120 Å². The maximum atomic E-state index is 11.9. The summed E-state index contributed by atoms with van der Waals surface area (Å²) in [7, 11) is 0. The molecule has 7 heteroatoms. The Morgan fingerprint density at radius 3 is 2.76 bits per heavy atom. The third-order valence-electron chi connectivity index (χ3n) is 2.82. The van der Waals surface area contributed by atoms with Gasteiger partial charge in [-0.3, -0.25) is 14.9 Å². The van der Waals surface area contributed by atoms with Gasteiger partial charge in [0.25, 0.3) is 5.69 Å². The minimum atomic E-state index is -0.539. The van der Waals surface area contributed by atoms with Crippen LogP contribution in [0.25, 0.3) is 0 Å². The van der Waals surface area contributed by atoms with E-state index >= 15 is 0 Å². The van der Waals surface area contributed by atoms with E-state index in [1.165, 1.54) is 36.4 Å². The van der Waals surface area contributed by atoms with Crippen LogP contribution in [0, 0.1) is 10.1 Å². The smallest absolute Gasteiger partial charge is 0.271 e. The van der Waals surface area contributed by atoms with Crippen LogP contribution in [0.3, 0.4) is 0 Å². The van der Waals surface area contributed by atoms with Gasteiger partial charge in [-0.15, -0.1) is 0 Å². The van der Waals surface area contributed by atoms with Crippen LogP contribution >= 0.6 is 0 Å². The number of nitrogens with one attached hydrogen (secondary N) is 1. The van der Waals surface area contributed by atoms with Gasteiger partial charge in [0, 0.05) is 23.5 Å². The lowest BCUT2D eigenvalue weighted by Gasteiger charge is -2.07. The number of benzene rings is 2. The van der Waals surface area contributed by atoms with Gasteiger partial charge < -0.3 is 16.2 Å². The van der Waals surface area contributed by atoms with E-state index in [2.05, 4.69) is 5.32 Å². The standard InChI is InChI=1S/C14H13N3O4/c15-13-5-4-12(18)6-9(13)7-14(19)16-10-2-1-3-11(8-10)17(20)21/h1-6,8,18H,7,15H2,(H,16,19). The van der Waals surface area contributed by atoms with Crippen molar-refractivity contribution in [1.29, 1.82) is 0 Å². The normalized spacial score (nSPS) is 10.1. The van der Waals surface area contributed by atoms with Crippen molar-refractivity contribution >= 4 is 23.0 Å². The summed E-state index contributed by atoms with van der Waals surface area (Å²) in [6, 6.07) is 9.98. The van der Waals surface area contributed by atoms with Crippen LogP contribution in [0.1, 0.15) is 5.56 Å². The topological polar surface area (TPSA) is 118 Å². The van der Waals surface area contributed by atoms with E-state index < -0.39 is 4.92 Å². The molecule has 0 radical (unpaired) electrons. The molecule has 1 amide bonds. The van der Waals surface area contributed by atoms with Gasteiger partial charge in [0.2, 0.25) is 5.91 Å². The zero-order valence-electron chi connectivity index (χ0n) is 10.9. The number of carbonyl (C=O) groups is 1. The molecule has 0 atom stereocenters. The van der Waals surface area contributed by atoms with Crippen LogP contribution in [0.5, 0.6) is 5.75 Å². The Kier molecular flexibility index (Phi) is 4.03. The van der Waals surface area contributed by atoms with E-state index in [0.29, 0.717) is 16.9 Å². The molecule has 0 saturated carbocycles. The molecular weight excluding hydrogens is 274 g/mol. The highest BCUT2D eigenvalue weighted by Crippen LogP contribution is 2.20. The summed E-state index contributed by atoms with van der Waals surface area (Å²) in [5.41, 5.74) is 6.81. The Bertz CT molecular complexity index is 700. The van der Waals surface area contributed by atoms with Crippen molar-refractivity contribution in [3.63, 3.8) is 0 Å². The molecule has 0 bridgehead atoms. The van der Waals surface area contributed by atoms with Gasteiger partial charge in [0.1, 0.15) is 5.75 Å². The van der Waals surface area contributed by atoms with Gasteiger partial charge in [0.15, 0.2) is 0 Å². The van der Waals surface area contributed by atoms with Crippen LogP contribution in [0.4, 0.5) is 17.1 Å². The molecule has 0 heterocycles. The molecule has 0 aliphatic carbocycles. The molecule has 4 N–H and O–H groups in total. The van der Waals surface area contributed by atoms with Crippen LogP contribution < -0.4 is 11.1 Å². The molecular formula is C14H13N3O4. The number of non-ortho nitro benzene ring substituents is 1. The van der Waals surface area contributed by atoms with Crippen molar-refractivity contribution < 1.29 is 14.8 Å². The fourth-order valence-electron chi connectivity index (χ4n) is 1.82. The van der Waals surface area contributed by atoms with Crippen LogP contribution in [0.2, 0.25) is 0 Å². The number of phenols is 1. The highest BCUT2D eigenvalue weighted by atomic mass is 16.6. The number of hydrogen-bond donors (Lipinski definition) is 3. The van der Waals surface area contributed by atoms with Gasteiger partial charge in [-0.1, -0.05) is 6.07 Å². The largest absolute Gasteiger partial charge is 0.508 e. The second kappa shape index (κ2) is 5.91. The molecule has 108 valence electrons. The molecule has 0 aliphatic rings. The molecule has 2 aromatic carbocycles. The number of anilines is 2. The minimum absolute atomic E-state index is 0.0161. The fourth-order valence-corrected chi connectivity index (χ4v) is 1.82. The van der Waals surface area contributed by atoms with Crippen LogP contribution in [0.15, 0.2) is 42.5 Å². The number of phenolic OH excluding ortho intramolecular Hbond substituents is 1. The first-order valence-corrected chi connectivity index (χ1v) is 6.07. The summed E-state index contributed by atoms with van der Waals surface area (Å²) in [4.78, 5) is 22.0. The number of amides is 1. The number of nitrogens with zero attached hydrogens (tertiary/aromatic N) is 1. The first-order chi connectivity index (χ1) is 9.95. The monoisotopic (exact) mass is 287 g/mol. The average molecular weight is 287 g/mol. The molecule has 0 saturated heterocycles. The Morgan fingerprint density at radius 2 is 2.05 bits per heavy atom.